The van der Waals surface area contributed by atoms with Crippen molar-refractivity contribution in [3.05, 3.63) is 59.9 Å². The maximum absolute atomic E-state index is 11.9. The van der Waals surface area contributed by atoms with Gasteiger partial charge in [-0.25, -0.2) is 5.43 Å². The minimum atomic E-state index is -1.12. The van der Waals surface area contributed by atoms with Gasteiger partial charge in [0.15, 0.2) is 0 Å². The van der Waals surface area contributed by atoms with Crippen LogP contribution in [0, 0.1) is 22.7 Å². The van der Waals surface area contributed by atoms with Gasteiger partial charge in [0.05, 0.1) is 11.4 Å². The van der Waals surface area contributed by atoms with Crippen LogP contribution in [0.3, 0.4) is 0 Å². The quantitative estimate of drug-likeness (QED) is 0.513. The first-order valence-corrected chi connectivity index (χ1v) is 7.19. The van der Waals surface area contributed by atoms with E-state index in [9.17, 15) is 4.79 Å². The predicted molar refractivity (Wildman–Crippen MR) is 89.9 cm³/mol. The van der Waals surface area contributed by atoms with Crippen LogP contribution in [0.15, 0.2) is 64.1 Å². The third kappa shape index (κ3) is 5.05. The molecule has 25 heavy (non-hydrogen) atoms. The fourth-order valence-corrected chi connectivity index (χ4v) is 1.74. The van der Waals surface area contributed by atoms with Gasteiger partial charge in [-0.2, -0.15) is 25.9 Å². The van der Waals surface area contributed by atoms with Gasteiger partial charge in [0, 0.05) is 18.0 Å². The molecule has 0 saturated carbocycles. The lowest BCUT2D eigenvalue weighted by Gasteiger charge is -2.03. The number of amides is 1. The monoisotopic (exact) mass is 331 g/mol. The second kappa shape index (κ2) is 8.65. The summed E-state index contributed by atoms with van der Waals surface area (Å²) in [5.74, 6) is -0.328. The highest BCUT2D eigenvalue weighted by Crippen LogP contribution is 2.14. The Morgan fingerprint density at radius 2 is 1.72 bits per heavy atom. The highest BCUT2D eigenvalue weighted by Gasteiger charge is 2.04. The fourth-order valence-electron chi connectivity index (χ4n) is 1.74. The number of benzene rings is 1. The lowest BCUT2D eigenvalue weighted by atomic mass is 10.1. The van der Waals surface area contributed by atoms with Crippen molar-refractivity contribution in [2.45, 2.75) is 13.0 Å². The van der Waals surface area contributed by atoms with E-state index in [1.807, 2.05) is 0 Å². The first kappa shape index (κ1) is 17.4. The molecule has 8 nitrogen and oxygen atoms in total. The summed E-state index contributed by atoms with van der Waals surface area (Å²) < 4.78 is 0. The van der Waals surface area contributed by atoms with Gasteiger partial charge in [0.25, 0.3) is 5.91 Å². The number of nitriles is 2. The number of rotatable bonds is 5. The molecule has 0 bridgehead atoms. The molecule has 2 aromatic rings. The van der Waals surface area contributed by atoms with E-state index in [0.29, 0.717) is 17.0 Å². The topological polar surface area (TPSA) is 127 Å². The maximum Gasteiger partial charge on any atom is 0.271 e. The van der Waals surface area contributed by atoms with E-state index in [0.717, 1.165) is 5.56 Å². The average molecular weight is 331 g/mol. The van der Waals surface area contributed by atoms with Crippen molar-refractivity contribution in [3.8, 4) is 12.1 Å². The van der Waals surface area contributed by atoms with Crippen molar-refractivity contribution in [1.82, 2.24) is 10.4 Å². The zero-order valence-electron chi connectivity index (χ0n) is 13.3. The molecule has 122 valence electrons. The van der Waals surface area contributed by atoms with E-state index in [1.165, 1.54) is 12.4 Å². The van der Waals surface area contributed by atoms with E-state index < -0.39 is 6.04 Å². The Morgan fingerprint density at radius 3 is 2.32 bits per heavy atom. The molecule has 2 rings (SSSR count). The number of nitrogens with one attached hydrogen (secondary N) is 1. The maximum atomic E-state index is 11.9. The van der Waals surface area contributed by atoms with Crippen molar-refractivity contribution in [1.29, 1.82) is 10.5 Å². The van der Waals surface area contributed by atoms with Crippen LogP contribution < -0.4 is 5.43 Å². The lowest BCUT2D eigenvalue weighted by molar-refractivity contribution is 0.0954. The second-order valence-electron chi connectivity index (χ2n) is 4.80. The highest BCUT2D eigenvalue weighted by molar-refractivity contribution is 6.00. The van der Waals surface area contributed by atoms with Gasteiger partial charge in [-0.3, -0.25) is 9.78 Å². The largest absolute Gasteiger partial charge is 0.271 e. The third-order valence-electron chi connectivity index (χ3n) is 3.09. The molecule has 0 radical (unpaired) electrons. The molecule has 1 aromatic heterocycles. The first-order chi connectivity index (χ1) is 12.1. The SMILES string of the molecule is C/C(=N\NC(=O)c1ccncc1)c1ccc(N=NC(C#N)C#N)cc1. The van der Waals surface area contributed by atoms with Gasteiger partial charge >= 0.3 is 0 Å². The molecule has 1 heterocycles. The fraction of sp³-hybridized carbons (Fsp3) is 0.118. The van der Waals surface area contributed by atoms with Crippen molar-refractivity contribution in [2.75, 3.05) is 0 Å². The van der Waals surface area contributed by atoms with Crippen LogP contribution in [0.2, 0.25) is 0 Å². The minimum absolute atomic E-state index is 0.328. The van der Waals surface area contributed by atoms with Crippen LogP contribution in [-0.2, 0) is 0 Å². The number of carbonyl (C=O) groups is 1. The number of nitrogens with zero attached hydrogens (tertiary/aromatic N) is 6. The molecular weight excluding hydrogens is 318 g/mol. The summed E-state index contributed by atoms with van der Waals surface area (Å²) in [7, 11) is 0. The number of carbonyl (C=O) groups excluding carboxylic acids is 1. The van der Waals surface area contributed by atoms with Crippen LogP contribution in [-0.4, -0.2) is 22.6 Å². The van der Waals surface area contributed by atoms with Crippen LogP contribution in [0.1, 0.15) is 22.8 Å². The summed E-state index contributed by atoms with van der Waals surface area (Å²) in [6.45, 7) is 1.75. The summed E-state index contributed by atoms with van der Waals surface area (Å²) >= 11 is 0. The normalized spacial score (nSPS) is 11.1. The molecule has 0 unspecified atom stereocenters. The summed E-state index contributed by atoms with van der Waals surface area (Å²) in [6, 6.07) is 12.3. The molecule has 0 aliphatic rings. The first-order valence-electron chi connectivity index (χ1n) is 7.19. The third-order valence-corrected chi connectivity index (χ3v) is 3.09. The Bertz CT molecular complexity index is 860. The van der Waals surface area contributed by atoms with Gasteiger partial charge in [-0.1, -0.05) is 12.1 Å². The number of pyridine rings is 1. The molecule has 1 amide bonds. The van der Waals surface area contributed by atoms with E-state index >= 15 is 0 Å². The minimum Gasteiger partial charge on any atom is -0.267 e. The smallest absolute Gasteiger partial charge is 0.267 e. The summed E-state index contributed by atoms with van der Waals surface area (Å²) in [4.78, 5) is 15.8. The highest BCUT2D eigenvalue weighted by atomic mass is 16.2. The van der Waals surface area contributed by atoms with Crippen molar-refractivity contribution in [2.24, 2.45) is 15.3 Å². The van der Waals surface area contributed by atoms with Crippen molar-refractivity contribution in [3.63, 3.8) is 0 Å². The summed E-state index contributed by atoms with van der Waals surface area (Å²) in [6.07, 6.45) is 3.06. The Morgan fingerprint density at radius 1 is 1.08 bits per heavy atom. The van der Waals surface area contributed by atoms with E-state index in [4.69, 9.17) is 10.5 Å². The number of hydrazone groups is 1. The molecule has 0 atom stereocenters. The van der Waals surface area contributed by atoms with Crippen molar-refractivity contribution < 1.29 is 4.79 Å². The predicted octanol–water partition coefficient (Wildman–Crippen LogP) is 2.74. The van der Waals surface area contributed by atoms with Gasteiger partial charge in [-0.15, -0.1) is 0 Å². The number of hydrogen-bond acceptors (Lipinski definition) is 7. The Labute approximate surface area is 144 Å². The van der Waals surface area contributed by atoms with Crippen LogP contribution in [0.5, 0.6) is 0 Å². The second-order valence-corrected chi connectivity index (χ2v) is 4.80. The molecule has 0 spiro atoms. The lowest BCUT2D eigenvalue weighted by Crippen LogP contribution is -2.19. The standard InChI is InChI=1S/C17H13N7O/c1-12(21-24-17(25)14-6-8-20-9-7-14)13-2-4-15(5-3-13)22-23-16(10-18)11-19/h2-9,16H,1H3,(H,24,25)/b21-12+,23-22?. The zero-order valence-corrected chi connectivity index (χ0v) is 13.3. The van der Waals surface area contributed by atoms with Gasteiger partial charge in [-0.05, 0) is 36.8 Å². The molecule has 0 aliphatic carbocycles. The summed E-state index contributed by atoms with van der Waals surface area (Å²) in [5, 5.41) is 28.7. The Balaban J connectivity index is 2.03. The average Bonchev–Trinajstić information content (AvgIpc) is 2.67. The molecule has 1 aromatic carbocycles. The summed E-state index contributed by atoms with van der Waals surface area (Å²) in [5.41, 5.74) is 4.84. The molecule has 8 heteroatoms. The Kier molecular flexibility index (Phi) is 6.04. The van der Waals surface area contributed by atoms with Crippen LogP contribution in [0.25, 0.3) is 0 Å². The van der Waals surface area contributed by atoms with E-state index in [1.54, 1.807) is 55.5 Å². The molecule has 0 saturated heterocycles. The molecule has 1 N–H and O–H groups in total. The molecule has 0 aliphatic heterocycles. The van der Waals surface area contributed by atoms with E-state index in [2.05, 4.69) is 25.7 Å². The zero-order chi connectivity index (χ0) is 18.1. The number of aromatic nitrogens is 1. The van der Waals surface area contributed by atoms with Crippen LogP contribution >= 0.6 is 0 Å². The molecule has 0 fully saturated rings. The molecular formula is C17H13N7O. The van der Waals surface area contributed by atoms with Gasteiger partial charge in [0.2, 0.25) is 6.04 Å². The van der Waals surface area contributed by atoms with Crippen LogP contribution in [0.4, 0.5) is 5.69 Å². The Hall–Kier alpha value is -3.91. The van der Waals surface area contributed by atoms with Crippen molar-refractivity contribution >= 4 is 17.3 Å². The van der Waals surface area contributed by atoms with Gasteiger partial charge < -0.3 is 0 Å². The van der Waals surface area contributed by atoms with Gasteiger partial charge in [0.1, 0.15) is 12.1 Å². The number of hydrogen-bond donors (Lipinski definition) is 1. The number of azo groups is 1. The van der Waals surface area contributed by atoms with E-state index in [-0.39, 0.29) is 5.91 Å².